The van der Waals surface area contributed by atoms with E-state index in [1.807, 2.05) is 74.5 Å². The van der Waals surface area contributed by atoms with Gasteiger partial charge in [-0.2, -0.15) is 0 Å². The number of ether oxygens (including phenoxy) is 2. The molecule has 4 rings (SSSR count). The van der Waals surface area contributed by atoms with Crippen molar-refractivity contribution in [2.75, 3.05) is 25.7 Å². The summed E-state index contributed by atoms with van der Waals surface area (Å²) in [6, 6.07) is 15.5. The van der Waals surface area contributed by atoms with E-state index >= 15 is 0 Å². The number of benzene rings is 2. The van der Waals surface area contributed by atoms with E-state index in [-0.39, 0.29) is 35.7 Å². The summed E-state index contributed by atoms with van der Waals surface area (Å²) >= 11 is 3.28. The maximum atomic E-state index is 11.6. The van der Waals surface area contributed by atoms with Crippen molar-refractivity contribution in [3.05, 3.63) is 80.6 Å². The number of methoxy groups -OCH3 is 2. The summed E-state index contributed by atoms with van der Waals surface area (Å²) < 4.78 is 9.50. The number of hydrogen-bond acceptors (Lipinski definition) is 8. The van der Waals surface area contributed by atoms with E-state index in [4.69, 9.17) is 9.47 Å². The molecule has 2 fully saturated rings. The van der Waals surface area contributed by atoms with Crippen molar-refractivity contribution in [2.45, 2.75) is 44.6 Å². The van der Waals surface area contributed by atoms with Crippen LogP contribution in [0, 0.1) is 0 Å². The van der Waals surface area contributed by atoms with Crippen LogP contribution in [-0.2, 0) is 23.9 Å². The van der Waals surface area contributed by atoms with Crippen LogP contribution >= 0.6 is 23.5 Å². The molecule has 0 amide bonds. The third-order valence-corrected chi connectivity index (χ3v) is 8.62. The number of thioether (sulfide) groups is 2. The van der Waals surface area contributed by atoms with Gasteiger partial charge in [0.2, 0.25) is 0 Å². The van der Waals surface area contributed by atoms with Crippen molar-refractivity contribution in [2.24, 2.45) is 0 Å². The molecular formula is C30H34O6S2. The molecule has 1 N–H and O–H groups in total. The number of ketones is 1. The number of carbonyl (C=O) groups is 3. The second-order valence-electron chi connectivity index (χ2n) is 9.06. The minimum absolute atomic E-state index is 0.205. The number of allylic oxidation sites excluding steroid dienone is 1. The van der Waals surface area contributed by atoms with Gasteiger partial charge in [0.1, 0.15) is 0 Å². The summed E-state index contributed by atoms with van der Waals surface area (Å²) in [4.78, 5) is 36.5. The van der Waals surface area contributed by atoms with Gasteiger partial charge in [0.05, 0.1) is 37.1 Å². The first-order chi connectivity index (χ1) is 18.2. The molecule has 0 bridgehead atoms. The summed E-state index contributed by atoms with van der Waals surface area (Å²) in [6.07, 6.45) is 4.99. The normalized spacial score (nSPS) is 20.6. The molecule has 0 aliphatic carbocycles. The van der Waals surface area contributed by atoms with E-state index in [1.165, 1.54) is 14.2 Å². The lowest BCUT2D eigenvalue weighted by molar-refractivity contribution is -0.142. The van der Waals surface area contributed by atoms with E-state index in [2.05, 4.69) is 0 Å². The highest BCUT2D eigenvalue weighted by Crippen LogP contribution is 2.33. The van der Waals surface area contributed by atoms with Gasteiger partial charge in [-0.15, -0.1) is 23.5 Å². The highest BCUT2D eigenvalue weighted by atomic mass is 32.2. The topological polar surface area (TPSA) is 89.9 Å². The Balaban J connectivity index is 0.000000211. The minimum atomic E-state index is -0.341. The van der Waals surface area contributed by atoms with Gasteiger partial charge < -0.3 is 14.6 Å². The van der Waals surface area contributed by atoms with Gasteiger partial charge in [-0.3, -0.25) is 14.4 Å². The standard InChI is InChI=1S/C15H18O3S.C15H16O3S/c2*1-10(15(17)18-2)12-5-3-4-11(8-12)9-14-13(16)6-7-19-14/h3-5,8-10,13,16H,6-7H2,1-2H3;3-5,8-10H,6-7H2,1-2H3. The van der Waals surface area contributed by atoms with Crippen LogP contribution in [-0.4, -0.2) is 54.7 Å². The summed E-state index contributed by atoms with van der Waals surface area (Å²) in [6.45, 7) is 3.64. The molecule has 2 heterocycles. The fraction of sp³-hybridized carbons (Fsp3) is 0.367. The van der Waals surface area contributed by atoms with Crippen LogP contribution in [0.2, 0.25) is 0 Å². The van der Waals surface area contributed by atoms with E-state index in [0.717, 1.165) is 50.0 Å². The zero-order chi connectivity index (χ0) is 27.7. The van der Waals surface area contributed by atoms with Gasteiger partial charge >= 0.3 is 11.9 Å². The fourth-order valence-electron chi connectivity index (χ4n) is 4.02. The molecule has 2 aromatic rings. The Labute approximate surface area is 232 Å². The van der Waals surface area contributed by atoms with Crippen molar-refractivity contribution < 1.29 is 29.0 Å². The SMILES string of the molecule is COC(=O)C(C)c1cccc(C=C2SCCC2=O)c1.COC(=O)C(C)c1cccc(C=C2SCCC2O)c1. The molecular weight excluding hydrogens is 520 g/mol. The van der Waals surface area contributed by atoms with Crippen molar-refractivity contribution >= 4 is 53.4 Å². The quantitative estimate of drug-likeness (QED) is 0.353. The Kier molecular flexibility index (Phi) is 11.2. The molecule has 0 aromatic heterocycles. The van der Waals surface area contributed by atoms with Gasteiger partial charge in [-0.25, -0.2) is 0 Å². The molecule has 2 saturated heterocycles. The lowest BCUT2D eigenvalue weighted by Crippen LogP contribution is -2.10. The maximum absolute atomic E-state index is 11.6. The number of aliphatic hydroxyl groups is 1. The highest BCUT2D eigenvalue weighted by molar-refractivity contribution is 8.04. The Morgan fingerprint density at radius 1 is 0.895 bits per heavy atom. The molecule has 8 heteroatoms. The van der Waals surface area contributed by atoms with Gasteiger partial charge in [-0.1, -0.05) is 48.5 Å². The first-order valence-electron chi connectivity index (χ1n) is 12.5. The Morgan fingerprint density at radius 2 is 1.45 bits per heavy atom. The Bertz CT molecular complexity index is 1220. The lowest BCUT2D eigenvalue weighted by atomic mass is 9.99. The average Bonchev–Trinajstić information content (AvgIpc) is 3.54. The van der Waals surface area contributed by atoms with Crippen LogP contribution in [0.15, 0.2) is 58.3 Å². The second-order valence-corrected chi connectivity index (χ2v) is 11.4. The third kappa shape index (κ3) is 8.09. The predicted molar refractivity (Wildman–Crippen MR) is 155 cm³/mol. The first kappa shape index (κ1) is 29.7. The van der Waals surface area contributed by atoms with Crippen LogP contribution in [0.3, 0.4) is 0 Å². The van der Waals surface area contributed by atoms with Gasteiger partial charge in [0.15, 0.2) is 5.78 Å². The molecule has 2 aliphatic rings. The predicted octanol–water partition coefficient (Wildman–Crippen LogP) is 5.81. The van der Waals surface area contributed by atoms with E-state index in [0.29, 0.717) is 6.42 Å². The van der Waals surface area contributed by atoms with E-state index in [9.17, 15) is 19.5 Å². The van der Waals surface area contributed by atoms with Gasteiger partial charge in [0, 0.05) is 22.8 Å². The maximum Gasteiger partial charge on any atom is 0.312 e. The zero-order valence-electron chi connectivity index (χ0n) is 22.1. The molecule has 0 radical (unpaired) electrons. The summed E-state index contributed by atoms with van der Waals surface area (Å²) in [7, 11) is 2.79. The van der Waals surface area contributed by atoms with Gasteiger partial charge in [0.25, 0.3) is 0 Å². The molecule has 2 aromatic carbocycles. The van der Waals surface area contributed by atoms with Crippen LogP contribution in [0.1, 0.15) is 60.8 Å². The highest BCUT2D eigenvalue weighted by Gasteiger charge is 2.20. The minimum Gasteiger partial charge on any atom is -0.469 e. The smallest absolute Gasteiger partial charge is 0.312 e. The van der Waals surface area contributed by atoms with E-state index in [1.54, 1.807) is 23.5 Å². The monoisotopic (exact) mass is 554 g/mol. The molecule has 3 unspecified atom stereocenters. The first-order valence-corrected chi connectivity index (χ1v) is 14.5. The van der Waals surface area contributed by atoms with Gasteiger partial charge in [-0.05, 0) is 54.7 Å². The summed E-state index contributed by atoms with van der Waals surface area (Å²) in [5.74, 6) is 0.973. The van der Waals surface area contributed by atoms with Crippen molar-refractivity contribution in [3.63, 3.8) is 0 Å². The number of carbonyl (C=O) groups excluding carboxylic acids is 3. The van der Waals surface area contributed by atoms with Crippen molar-refractivity contribution in [1.29, 1.82) is 0 Å². The average molecular weight is 555 g/mol. The van der Waals surface area contributed by atoms with Crippen molar-refractivity contribution in [1.82, 2.24) is 0 Å². The molecule has 6 nitrogen and oxygen atoms in total. The molecule has 0 spiro atoms. The zero-order valence-corrected chi connectivity index (χ0v) is 23.8. The van der Waals surface area contributed by atoms with Crippen molar-refractivity contribution in [3.8, 4) is 0 Å². The molecule has 38 heavy (non-hydrogen) atoms. The molecule has 2 aliphatic heterocycles. The number of rotatable bonds is 6. The second kappa shape index (κ2) is 14.4. The lowest BCUT2D eigenvalue weighted by Gasteiger charge is -2.10. The Hall–Kier alpha value is -2.81. The third-order valence-electron chi connectivity index (χ3n) is 6.39. The summed E-state index contributed by atoms with van der Waals surface area (Å²) in [5, 5.41) is 9.79. The fourth-order valence-corrected chi connectivity index (χ4v) is 6.12. The number of esters is 2. The molecule has 202 valence electrons. The largest absolute Gasteiger partial charge is 0.469 e. The van der Waals surface area contributed by atoms with Crippen LogP contribution in [0.25, 0.3) is 12.2 Å². The van der Waals surface area contributed by atoms with Crippen LogP contribution < -0.4 is 0 Å². The molecule has 0 saturated carbocycles. The number of hydrogen-bond donors (Lipinski definition) is 1. The van der Waals surface area contributed by atoms with Crippen LogP contribution in [0.5, 0.6) is 0 Å². The Morgan fingerprint density at radius 3 is 1.89 bits per heavy atom. The van der Waals surface area contributed by atoms with E-state index < -0.39 is 0 Å². The molecule has 3 atom stereocenters. The number of aliphatic hydroxyl groups excluding tert-OH is 1. The number of Topliss-reactive ketones (excluding diaryl/α,β-unsaturated/α-hetero) is 1. The summed E-state index contributed by atoms with van der Waals surface area (Å²) in [5.41, 5.74) is 3.79. The van der Waals surface area contributed by atoms with Crippen LogP contribution in [0.4, 0.5) is 0 Å².